The molecule has 1 fully saturated rings. The summed E-state index contributed by atoms with van der Waals surface area (Å²) in [5.41, 5.74) is 0. The second kappa shape index (κ2) is 10.1. The first kappa shape index (κ1) is 24.2. The van der Waals surface area contributed by atoms with E-state index in [0.29, 0.717) is 17.6 Å². The fourth-order valence-corrected chi connectivity index (χ4v) is 3.35. The molecule has 0 aromatic heterocycles. The molecule has 0 amide bonds. The zero-order valence-electron chi connectivity index (χ0n) is 15.9. The second-order valence-electron chi connectivity index (χ2n) is 7.02. The minimum Gasteiger partial charge on any atom is -0.748 e. The summed E-state index contributed by atoms with van der Waals surface area (Å²) in [5.74, 6) is -1.71. The van der Waals surface area contributed by atoms with Gasteiger partial charge in [-0.1, -0.05) is 0 Å². The number of carbonyl (C=O) groups is 1. The predicted molar refractivity (Wildman–Crippen MR) is 90.9 cm³/mol. The van der Waals surface area contributed by atoms with Gasteiger partial charge in [0.05, 0.1) is 37.4 Å². The maximum Gasteiger partial charge on any atom is 0.335 e. The Kier molecular flexibility index (Phi) is 9.02. The van der Waals surface area contributed by atoms with E-state index in [-0.39, 0.29) is 13.0 Å². The molecule has 1 aliphatic heterocycles. The first-order valence-electron chi connectivity index (χ1n) is 8.41. The van der Waals surface area contributed by atoms with Crippen molar-refractivity contribution in [1.29, 1.82) is 0 Å². The van der Waals surface area contributed by atoms with Gasteiger partial charge in [-0.15, -0.1) is 0 Å². The van der Waals surface area contributed by atoms with Crippen molar-refractivity contribution in [1.82, 2.24) is 0 Å². The van der Waals surface area contributed by atoms with E-state index < -0.39 is 52.5 Å². The first-order chi connectivity index (χ1) is 12.4. The van der Waals surface area contributed by atoms with Crippen molar-refractivity contribution in [3.05, 3.63) is 0 Å². The maximum atomic E-state index is 11.3. The summed E-state index contributed by atoms with van der Waals surface area (Å²) in [7, 11) is 2.03. The molecule has 0 aromatic rings. The minimum atomic E-state index is -4.24. The molecule has 1 saturated heterocycles. The van der Waals surface area contributed by atoms with Crippen molar-refractivity contribution in [2.24, 2.45) is 0 Å². The van der Waals surface area contributed by atoms with E-state index in [1.165, 1.54) is 14.2 Å². The molecular weight excluding hydrogens is 386 g/mol. The van der Waals surface area contributed by atoms with E-state index >= 15 is 0 Å². The maximum absolute atomic E-state index is 11.3. The lowest BCUT2D eigenvalue weighted by atomic mass is 9.98. The van der Waals surface area contributed by atoms with Crippen LogP contribution in [0.1, 0.15) is 6.42 Å². The summed E-state index contributed by atoms with van der Waals surface area (Å²) >= 11 is 0. The number of carboxylic acids is 1. The van der Waals surface area contributed by atoms with Crippen LogP contribution in [0.25, 0.3) is 0 Å². The van der Waals surface area contributed by atoms with E-state index in [1.807, 2.05) is 14.1 Å². The van der Waals surface area contributed by atoms with Crippen molar-refractivity contribution < 1.29 is 51.4 Å². The number of hydrogen-bond donors (Lipinski definition) is 2. The molecule has 1 rings (SSSR count). The minimum absolute atomic E-state index is 0.163. The third-order valence-electron chi connectivity index (χ3n) is 4.43. The Bertz CT molecular complexity index is 581. The van der Waals surface area contributed by atoms with Crippen LogP contribution in [0.4, 0.5) is 0 Å². The summed E-state index contributed by atoms with van der Waals surface area (Å²) in [6, 6.07) is 0. The molecule has 12 heteroatoms. The van der Waals surface area contributed by atoms with Gasteiger partial charge in [0.15, 0.2) is 12.4 Å². The van der Waals surface area contributed by atoms with E-state index in [1.54, 1.807) is 0 Å². The molecule has 1 heterocycles. The SMILES string of the molecule is COC1OC(C(=O)O)[C@@H](OC)[C@H](O)[C@H]1OCC[N+](C)(C)CCCS(=O)(=O)[O-]. The van der Waals surface area contributed by atoms with Gasteiger partial charge in [0.2, 0.25) is 0 Å². The summed E-state index contributed by atoms with van der Waals surface area (Å²) < 4.78 is 53.6. The number of carboxylic acid groups (broad SMARTS) is 1. The normalized spacial score (nSPS) is 29.6. The number of likely N-dealkylation sites (N-methyl/N-ethyl adjacent to an activating group) is 1. The van der Waals surface area contributed by atoms with Crippen molar-refractivity contribution in [3.63, 3.8) is 0 Å². The fraction of sp³-hybridized carbons (Fsp3) is 0.933. The number of hydrogen-bond acceptors (Lipinski definition) is 9. The quantitative estimate of drug-likeness (QED) is 0.292. The highest BCUT2D eigenvalue weighted by molar-refractivity contribution is 7.85. The van der Waals surface area contributed by atoms with Gasteiger partial charge in [0.1, 0.15) is 24.9 Å². The molecule has 0 bridgehead atoms. The molecule has 0 aromatic carbocycles. The smallest absolute Gasteiger partial charge is 0.335 e. The van der Waals surface area contributed by atoms with Gasteiger partial charge < -0.3 is 38.2 Å². The molecule has 2 unspecified atom stereocenters. The highest BCUT2D eigenvalue weighted by atomic mass is 32.2. The van der Waals surface area contributed by atoms with E-state index in [4.69, 9.17) is 18.9 Å². The monoisotopic (exact) mass is 415 g/mol. The number of quaternary nitrogens is 1. The second-order valence-corrected chi connectivity index (χ2v) is 8.55. The van der Waals surface area contributed by atoms with Crippen molar-refractivity contribution in [3.8, 4) is 0 Å². The Morgan fingerprint density at radius 1 is 1.19 bits per heavy atom. The van der Waals surface area contributed by atoms with Gasteiger partial charge in [0, 0.05) is 26.4 Å². The van der Waals surface area contributed by atoms with Crippen LogP contribution in [-0.4, -0.2) is 118 Å². The van der Waals surface area contributed by atoms with Crippen LogP contribution in [0.5, 0.6) is 0 Å². The summed E-state index contributed by atoms with van der Waals surface area (Å²) in [5, 5.41) is 19.6. The Labute approximate surface area is 159 Å². The van der Waals surface area contributed by atoms with E-state index in [0.717, 1.165) is 0 Å². The highest BCUT2D eigenvalue weighted by Gasteiger charge is 2.49. The number of nitrogens with zero attached hydrogens (tertiary/aromatic N) is 1. The van der Waals surface area contributed by atoms with Crippen molar-refractivity contribution >= 4 is 16.1 Å². The van der Waals surface area contributed by atoms with Crippen LogP contribution >= 0.6 is 0 Å². The summed E-state index contributed by atoms with van der Waals surface area (Å²) in [6.07, 6.45) is -5.62. The van der Waals surface area contributed by atoms with E-state index in [9.17, 15) is 28.0 Å². The van der Waals surface area contributed by atoms with Crippen LogP contribution in [0.15, 0.2) is 0 Å². The Hall–Kier alpha value is -0.860. The molecular formula is C15H29NO10S. The molecule has 2 N–H and O–H groups in total. The lowest BCUT2D eigenvalue weighted by Crippen LogP contribution is -2.62. The number of methoxy groups -OCH3 is 2. The lowest BCUT2D eigenvalue weighted by Gasteiger charge is -2.42. The summed E-state index contributed by atoms with van der Waals surface area (Å²) in [4.78, 5) is 11.3. The Morgan fingerprint density at radius 3 is 2.30 bits per heavy atom. The number of aliphatic hydroxyl groups excluding tert-OH is 1. The number of aliphatic carboxylic acids is 1. The summed E-state index contributed by atoms with van der Waals surface area (Å²) in [6.45, 7) is 1.07. The number of rotatable bonds is 11. The third-order valence-corrected chi connectivity index (χ3v) is 5.22. The molecule has 0 saturated carbocycles. The van der Waals surface area contributed by atoms with Crippen LogP contribution in [0.3, 0.4) is 0 Å². The zero-order valence-corrected chi connectivity index (χ0v) is 16.8. The van der Waals surface area contributed by atoms with Gasteiger partial charge in [-0.3, -0.25) is 0 Å². The Balaban J connectivity index is 2.62. The van der Waals surface area contributed by atoms with Crippen molar-refractivity contribution in [2.45, 2.75) is 37.1 Å². The fourth-order valence-electron chi connectivity index (χ4n) is 2.87. The molecule has 11 nitrogen and oxygen atoms in total. The number of ether oxygens (including phenoxy) is 4. The van der Waals surface area contributed by atoms with Gasteiger partial charge >= 0.3 is 5.97 Å². The average molecular weight is 415 g/mol. The van der Waals surface area contributed by atoms with Crippen molar-refractivity contribution in [2.75, 3.05) is 53.8 Å². The van der Waals surface area contributed by atoms with E-state index in [2.05, 4.69) is 0 Å². The van der Waals surface area contributed by atoms with Gasteiger partial charge in [-0.2, -0.15) is 0 Å². The molecule has 160 valence electrons. The zero-order chi connectivity index (χ0) is 20.8. The Morgan fingerprint density at radius 2 is 1.81 bits per heavy atom. The molecule has 5 atom stereocenters. The van der Waals surface area contributed by atoms with Gasteiger partial charge in [0.25, 0.3) is 0 Å². The molecule has 27 heavy (non-hydrogen) atoms. The molecule has 1 aliphatic rings. The van der Waals surface area contributed by atoms with Gasteiger partial charge in [-0.25, -0.2) is 13.2 Å². The average Bonchev–Trinajstić information content (AvgIpc) is 2.53. The molecule has 0 spiro atoms. The predicted octanol–water partition coefficient (Wildman–Crippen LogP) is -1.78. The molecule has 0 aliphatic carbocycles. The first-order valence-corrected chi connectivity index (χ1v) is 9.98. The molecule has 0 radical (unpaired) electrons. The lowest BCUT2D eigenvalue weighted by molar-refractivity contribution is -0.890. The van der Waals surface area contributed by atoms with Crippen LogP contribution in [0.2, 0.25) is 0 Å². The van der Waals surface area contributed by atoms with Crippen LogP contribution in [-0.2, 0) is 33.9 Å². The van der Waals surface area contributed by atoms with Crippen LogP contribution in [0, 0.1) is 0 Å². The number of aliphatic hydroxyl groups is 1. The topological polar surface area (TPSA) is 152 Å². The van der Waals surface area contributed by atoms with Crippen LogP contribution < -0.4 is 0 Å². The van der Waals surface area contributed by atoms with Gasteiger partial charge in [-0.05, 0) is 0 Å². The standard InChI is InChI=1S/C15H29NO10S/c1-16(2,6-5-9-27(20,21)22)7-8-25-12-10(17)11(23-3)13(14(18)19)26-15(12)24-4/h10-13,15,17H,5-9H2,1-4H3,(H-,18,19,20,21,22)/t10-,11-,12+,13?,15?/m0/s1. The largest absolute Gasteiger partial charge is 0.748 e. The highest BCUT2D eigenvalue weighted by Crippen LogP contribution is 2.26. The third kappa shape index (κ3) is 7.58.